The van der Waals surface area contributed by atoms with Crippen LogP contribution in [0.25, 0.3) is 10.8 Å². The van der Waals surface area contributed by atoms with E-state index in [0.29, 0.717) is 17.9 Å². The summed E-state index contributed by atoms with van der Waals surface area (Å²) < 4.78 is 5.33. The predicted octanol–water partition coefficient (Wildman–Crippen LogP) is 2.58. The van der Waals surface area contributed by atoms with Gasteiger partial charge in [-0.2, -0.15) is 0 Å². The molecule has 2 aromatic rings. The second-order valence-electron chi connectivity index (χ2n) is 4.23. The highest BCUT2D eigenvalue weighted by atomic mass is 16.5. The van der Waals surface area contributed by atoms with Gasteiger partial charge >= 0.3 is 5.97 Å². The van der Waals surface area contributed by atoms with Crippen molar-refractivity contribution in [2.24, 2.45) is 0 Å². The molecule has 1 unspecified atom stereocenters. The molecule has 0 radical (unpaired) electrons. The average Bonchev–Trinajstić information content (AvgIpc) is 2.43. The third-order valence-electron chi connectivity index (χ3n) is 3.09. The van der Waals surface area contributed by atoms with Crippen LogP contribution in [0.1, 0.15) is 18.5 Å². The van der Waals surface area contributed by atoms with E-state index in [1.54, 1.807) is 7.11 Å². The minimum Gasteiger partial charge on any atom is -0.496 e. The molecule has 4 heteroatoms. The van der Waals surface area contributed by atoms with Crippen LogP contribution in [0, 0.1) is 0 Å². The Labute approximate surface area is 112 Å². The molecule has 0 spiro atoms. The van der Waals surface area contributed by atoms with E-state index in [2.05, 4.69) is 5.32 Å². The number of benzene rings is 2. The lowest BCUT2D eigenvalue weighted by Crippen LogP contribution is -2.28. The lowest BCUT2D eigenvalue weighted by Gasteiger charge is -2.19. The molecule has 1 atom stereocenters. The van der Waals surface area contributed by atoms with Gasteiger partial charge in [0.15, 0.2) is 0 Å². The molecule has 0 fully saturated rings. The number of carboxylic acid groups (broad SMARTS) is 1. The number of likely N-dealkylation sites (N-methyl/N-ethyl adjacent to an activating group) is 1. The van der Waals surface area contributed by atoms with Gasteiger partial charge < -0.3 is 15.2 Å². The van der Waals surface area contributed by atoms with Crippen LogP contribution >= 0.6 is 0 Å². The largest absolute Gasteiger partial charge is 0.496 e. The monoisotopic (exact) mass is 259 g/mol. The first-order chi connectivity index (χ1) is 9.19. The third kappa shape index (κ3) is 2.53. The quantitative estimate of drug-likeness (QED) is 0.866. The Morgan fingerprint density at radius 3 is 2.68 bits per heavy atom. The molecule has 0 aromatic heterocycles. The highest BCUT2D eigenvalue weighted by molar-refractivity contribution is 5.92. The lowest BCUT2D eigenvalue weighted by atomic mass is 9.97. The fraction of sp³-hybridized carbons (Fsp3) is 0.267. The molecule has 0 aliphatic carbocycles. The Hall–Kier alpha value is -2.07. The van der Waals surface area contributed by atoms with Crippen LogP contribution in [0.5, 0.6) is 5.75 Å². The van der Waals surface area contributed by atoms with Crippen LogP contribution in [0.15, 0.2) is 36.4 Å². The summed E-state index contributed by atoms with van der Waals surface area (Å²) >= 11 is 0. The minimum absolute atomic E-state index is 0.573. The van der Waals surface area contributed by atoms with Gasteiger partial charge in [-0.25, -0.2) is 0 Å². The topological polar surface area (TPSA) is 58.6 Å². The van der Waals surface area contributed by atoms with Crippen molar-refractivity contribution in [3.05, 3.63) is 42.0 Å². The molecule has 2 aromatic carbocycles. The molecule has 0 bridgehead atoms. The fourth-order valence-electron chi connectivity index (χ4n) is 2.27. The number of hydrogen-bond donors (Lipinski definition) is 2. The van der Waals surface area contributed by atoms with Crippen LogP contribution in [0.4, 0.5) is 0 Å². The summed E-state index contributed by atoms with van der Waals surface area (Å²) in [6.07, 6.45) is 0. The number of rotatable bonds is 5. The normalized spacial score (nSPS) is 12.3. The summed E-state index contributed by atoms with van der Waals surface area (Å²) in [6.45, 7) is 2.46. The first-order valence-corrected chi connectivity index (χ1v) is 6.20. The summed E-state index contributed by atoms with van der Waals surface area (Å²) in [5.74, 6) is -0.316. The molecular formula is C15H17NO3. The Kier molecular flexibility index (Phi) is 4.02. The standard InChI is InChI=1S/C15H17NO3/c1-3-16-14(15(17)18)13-11-7-5-4-6-10(11)8-9-12(13)19-2/h4-9,14,16H,3H2,1-2H3,(H,17,18). The molecule has 100 valence electrons. The van der Waals surface area contributed by atoms with E-state index in [1.165, 1.54) is 0 Å². The van der Waals surface area contributed by atoms with Crippen molar-refractivity contribution in [1.82, 2.24) is 5.32 Å². The predicted molar refractivity (Wildman–Crippen MR) is 74.6 cm³/mol. The second kappa shape index (κ2) is 5.71. The molecule has 4 nitrogen and oxygen atoms in total. The second-order valence-corrected chi connectivity index (χ2v) is 4.23. The summed E-state index contributed by atoms with van der Waals surface area (Å²) in [5, 5.41) is 14.3. The number of methoxy groups -OCH3 is 1. The number of carbonyl (C=O) groups is 1. The number of carboxylic acids is 1. The van der Waals surface area contributed by atoms with Crippen LogP contribution in [0.3, 0.4) is 0 Å². The molecule has 0 aliphatic heterocycles. The van der Waals surface area contributed by atoms with Gasteiger partial charge in [0, 0.05) is 5.56 Å². The van der Waals surface area contributed by atoms with Crippen LogP contribution in [-0.4, -0.2) is 24.7 Å². The Morgan fingerprint density at radius 2 is 2.05 bits per heavy atom. The van der Waals surface area contributed by atoms with Crippen LogP contribution in [0.2, 0.25) is 0 Å². The molecular weight excluding hydrogens is 242 g/mol. The van der Waals surface area contributed by atoms with Gasteiger partial charge in [-0.1, -0.05) is 37.3 Å². The zero-order valence-corrected chi connectivity index (χ0v) is 11.0. The van der Waals surface area contributed by atoms with E-state index in [0.717, 1.165) is 10.8 Å². The molecule has 0 aliphatic rings. The van der Waals surface area contributed by atoms with Gasteiger partial charge in [0.2, 0.25) is 0 Å². The Balaban J connectivity index is 2.69. The van der Waals surface area contributed by atoms with Crippen molar-refractivity contribution in [1.29, 1.82) is 0 Å². The highest BCUT2D eigenvalue weighted by Crippen LogP contribution is 2.33. The van der Waals surface area contributed by atoms with Crippen molar-refractivity contribution in [3.63, 3.8) is 0 Å². The summed E-state index contributed by atoms with van der Waals surface area (Å²) in [7, 11) is 1.55. The van der Waals surface area contributed by atoms with Gasteiger partial charge in [-0.3, -0.25) is 4.79 Å². The van der Waals surface area contributed by atoms with Crippen molar-refractivity contribution in [2.75, 3.05) is 13.7 Å². The maximum atomic E-state index is 11.5. The van der Waals surface area contributed by atoms with Gasteiger partial charge in [-0.15, -0.1) is 0 Å². The van der Waals surface area contributed by atoms with E-state index < -0.39 is 12.0 Å². The first kappa shape index (κ1) is 13.4. The average molecular weight is 259 g/mol. The van der Waals surface area contributed by atoms with Crippen molar-refractivity contribution < 1.29 is 14.6 Å². The highest BCUT2D eigenvalue weighted by Gasteiger charge is 2.24. The van der Waals surface area contributed by atoms with Gasteiger partial charge in [0.1, 0.15) is 11.8 Å². The van der Waals surface area contributed by atoms with E-state index >= 15 is 0 Å². The number of nitrogens with one attached hydrogen (secondary N) is 1. The lowest BCUT2D eigenvalue weighted by molar-refractivity contribution is -0.139. The fourth-order valence-corrected chi connectivity index (χ4v) is 2.27. The Morgan fingerprint density at radius 1 is 1.32 bits per heavy atom. The molecule has 2 N–H and O–H groups in total. The van der Waals surface area contributed by atoms with Crippen molar-refractivity contribution in [2.45, 2.75) is 13.0 Å². The Bertz CT molecular complexity index is 595. The zero-order chi connectivity index (χ0) is 13.8. The van der Waals surface area contributed by atoms with Gasteiger partial charge in [0.05, 0.1) is 7.11 Å². The van der Waals surface area contributed by atoms with E-state index in [-0.39, 0.29) is 0 Å². The molecule has 0 amide bonds. The summed E-state index contributed by atoms with van der Waals surface area (Å²) in [5.41, 5.74) is 0.676. The SMILES string of the molecule is CCNC(C(=O)O)c1c(OC)ccc2ccccc12. The number of fused-ring (bicyclic) bond motifs is 1. The number of aliphatic carboxylic acids is 1. The summed E-state index contributed by atoms with van der Waals surface area (Å²) in [4.78, 5) is 11.5. The third-order valence-corrected chi connectivity index (χ3v) is 3.09. The maximum Gasteiger partial charge on any atom is 0.325 e. The van der Waals surface area contributed by atoms with E-state index in [1.807, 2.05) is 43.3 Å². The molecule has 0 saturated heterocycles. The van der Waals surface area contributed by atoms with Crippen LogP contribution < -0.4 is 10.1 Å². The minimum atomic E-state index is -0.906. The summed E-state index contributed by atoms with van der Waals surface area (Å²) in [6, 6.07) is 10.7. The number of ether oxygens (including phenoxy) is 1. The molecule has 19 heavy (non-hydrogen) atoms. The van der Waals surface area contributed by atoms with Gasteiger partial charge in [-0.05, 0) is 23.4 Å². The van der Waals surface area contributed by atoms with Crippen molar-refractivity contribution >= 4 is 16.7 Å². The number of hydrogen-bond acceptors (Lipinski definition) is 3. The van der Waals surface area contributed by atoms with Crippen LogP contribution in [-0.2, 0) is 4.79 Å². The molecule has 0 saturated carbocycles. The first-order valence-electron chi connectivity index (χ1n) is 6.20. The maximum absolute atomic E-state index is 11.5. The molecule has 2 rings (SSSR count). The van der Waals surface area contributed by atoms with E-state index in [4.69, 9.17) is 4.74 Å². The zero-order valence-electron chi connectivity index (χ0n) is 11.0. The molecule has 0 heterocycles. The van der Waals surface area contributed by atoms with E-state index in [9.17, 15) is 9.90 Å². The smallest absolute Gasteiger partial charge is 0.325 e. The van der Waals surface area contributed by atoms with Gasteiger partial charge in [0.25, 0.3) is 0 Å². The van der Waals surface area contributed by atoms with Crippen molar-refractivity contribution in [3.8, 4) is 5.75 Å².